The van der Waals surface area contributed by atoms with Gasteiger partial charge in [0.25, 0.3) is 10.0 Å². The molecule has 2 aromatic rings. The maximum absolute atomic E-state index is 14.2. The standard InChI is InChI=1S/C26H30FN3O6S/c1-3-30-10-4-5-21(30)25(31)29(2)13-15-11-17(27)6-9-22(15)37(34,35)28-20-8-7-18-19-12-16(19)14-36-24(18)23(20)26(32)33/h6-9,11,16,19,21,28H,3-5,10,12-14H2,1-2H3,(H,32,33)/t16?,19?,21-/m1/s1. The van der Waals surface area contributed by atoms with Crippen molar-refractivity contribution in [2.45, 2.75) is 49.6 Å². The number of aromatic carboxylic acids is 1. The number of hydrogen-bond acceptors (Lipinski definition) is 6. The van der Waals surface area contributed by atoms with Crippen LogP contribution in [0.5, 0.6) is 5.75 Å². The maximum Gasteiger partial charge on any atom is 0.341 e. The van der Waals surface area contributed by atoms with Crippen molar-refractivity contribution in [3.8, 4) is 5.75 Å². The van der Waals surface area contributed by atoms with Crippen molar-refractivity contribution in [1.29, 1.82) is 0 Å². The van der Waals surface area contributed by atoms with Crippen molar-refractivity contribution < 1.29 is 32.2 Å². The van der Waals surface area contributed by atoms with Gasteiger partial charge in [-0.3, -0.25) is 14.4 Å². The van der Waals surface area contributed by atoms with Gasteiger partial charge in [-0.15, -0.1) is 0 Å². The highest BCUT2D eigenvalue weighted by molar-refractivity contribution is 7.92. The monoisotopic (exact) mass is 531 g/mol. The summed E-state index contributed by atoms with van der Waals surface area (Å²) in [6, 6.07) is 6.08. The number of amides is 1. The van der Waals surface area contributed by atoms with Crippen LogP contribution in [0.1, 0.15) is 53.6 Å². The molecule has 2 fully saturated rings. The Labute approximate surface area is 215 Å². The third kappa shape index (κ3) is 4.77. The number of hydrogen-bond donors (Lipinski definition) is 2. The summed E-state index contributed by atoms with van der Waals surface area (Å²) in [4.78, 5) is 28.5. The SMILES string of the molecule is CCN1CCC[C@@H]1C(=O)N(C)Cc1cc(F)ccc1S(=O)(=O)Nc1ccc2c(c1C(=O)O)OCC1CC21. The summed E-state index contributed by atoms with van der Waals surface area (Å²) in [5.74, 6) is -1.32. The first-order chi connectivity index (χ1) is 17.6. The van der Waals surface area contributed by atoms with Crippen molar-refractivity contribution in [3.63, 3.8) is 0 Å². The Morgan fingerprint density at radius 3 is 2.78 bits per heavy atom. The molecule has 5 rings (SSSR count). The van der Waals surface area contributed by atoms with E-state index >= 15 is 0 Å². The second kappa shape index (κ2) is 9.60. The number of nitrogens with zero attached hydrogens (tertiary/aromatic N) is 2. The molecular formula is C26H30FN3O6S. The number of sulfonamides is 1. The highest BCUT2D eigenvalue weighted by atomic mass is 32.2. The van der Waals surface area contributed by atoms with Gasteiger partial charge in [0.2, 0.25) is 5.91 Å². The Balaban J connectivity index is 1.44. The summed E-state index contributed by atoms with van der Waals surface area (Å²) in [7, 11) is -2.77. The van der Waals surface area contributed by atoms with E-state index in [-0.39, 0.29) is 51.9 Å². The number of fused-ring (bicyclic) bond motifs is 3. The average molecular weight is 532 g/mol. The molecule has 2 aliphatic heterocycles. The van der Waals surface area contributed by atoms with Crippen LogP contribution in [0.3, 0.4) is 0 Å². The van der Waals surface area contributed by atoms with Crippen LogP contribution in [0.25, 0.3) is 0 Å². The molecule has 2 unspecified atom stereocenters. The Kier molecular flexibility index (Phi) is 6.61. The smallest absolute Gasteiger partial charge is 0.341 e. The van der Waals surface area contributed by atoms with Crippen molar-refractivity contribution >= 4 is 27.6 Å². The molecule has 0 radical (unpaired) electrons. The number of carboxylic acid groups (broad SMARTS) is 1. The number of carbonyl (C=O) groups excluding carboxylic acids is 1. The fourth-order valence-corrected chi connectivity index (χ4v) is 6.84. The van der Waals surface area contributed by atoms with Gasteiger partial charge in [0.1, 0.15) is 17.1 Å². The number of carbonyl (C=O) groups is 2. The first kappa shape index (κ1) is 25.5. The fraction of sp³-hybridized carbons (Fsp3) is 0.462. The van der Waals surface area contributed by atoms with Crippen LogP contribution in [0.4, 0.5) is 10.1 Å². The second-order valence-electron chi connectivity index (χ2n) is 9.96. The summed E-state index contributed by atoms with van der Waals surface area (Å²) in [6.07, 6.45) is 2.53. The number of carboxylic acids is 1. The Hall–Kier alpha value is -3.18. The summed E-state index contributed by atoms with van der Waals surface area (Å²) in [6.45, 7) is 3.80. The molecule has 37 heavy (non-hydrogen) atoms. The minimum Gasteiger partial charge on any atom is -0.492 e. The van der Waals surface area contributed by atoms with E-state index < -0.39 is 21.8 Å². The lowest BCUT2D eigenvalue weighted by Gasteiger charge is -2.27. The molecule has 0 bridgehead atoms. The van der Waals surface area contributed by atoms with Gasteiger partial charge < -0.3 is 14.7 Å². The highest BCUT2D eigenvalue weighted by Gasteiger charge is 2.45. The zero-order valence-electron chi connectivity index (χ0n) is 20.7. The minimum absolute atomic E-state index is 0.0938. The molecule has 3 atom stereocenters. The number of halogens is 1. The topological polar surface area (TPSA) is 116 Å². The predicted octanol–water partition coefficient (Wildman–Crippen LogP) is 3.26. The van der Waals surface area contributed by atoms with Gasteiger partial charge >= 0.3 is 5.97 Å². The lowest BCUT2D eigenvalue weighted by molar-refractivity contribution is -0.135. The molecule has 1 amide bonds. The van der Waals surface area contributed by atoms with Crippen molar-refractivity contribution in [2.75, 3.05) is 31.5 Å². The number of anilines is 1. The van der Waals surface area contributed by atoms with Crippen LogP contribution >= 0.6 is 0 Å². The van der Waals surface area contributed by atoms with E-state index in [1.807, 2.05) is 6.92 Å². The van der Waals surface area contributed by atoms with Crippen LogP contribution in [-0.2, 0) is 21.4 Å². The first-order valence-electron chi connectivity index (χ1n) is 12.4. The van der Waals surface area contributed by atoms with Gasteiger partial charge in [0.05, 0.1) is 23.2 Å². The van der Waals surface area contributed by atoms with Crippen LogP contribution in [0.2, 0.25) is 0 Å². The number of benzene rings is 2. The molecule has 2 aromatic carbocycles. The van der Waals surface area contributed by atoms with Crippen molar-refractivity contribution in [1.82, 2.24) is 9.80 Å². The summed E-state index contributed by atoms with van der Waals surface area (Å²) >= 11 is 0. The molecule has 1 saturated carbocycles. The summed E-state index contributed by atoms with van der Waals surface area (Å²) < 4.78 is 49.2. The number of rotatable bonds is 8. The third-order valence-electron chi connectivity index (χ3n) is 7.56. The highest BCUT2D eigenvalue weighted by Crippen LogP contribution is 2.55. The van der Waals surface area contributed by atoms with Gasteiger partial charge in [-0.25, -0.2) is 17.6 Å². The average Bonchev–Trinajstić information content (AvgIpc) is 3.49. The second-order valence-corrected chi connectivity index (χ2v) is 11.6. The lowest BCUT2D eigenvalue weighted by Crippen LogP contribution is -2.43. The number of likely N-dealkylation sites (tertiary alicyclic amines) is 1. The first-order valence-corrected chi connectivity index (χ1v) is 13.9. The minimum atomic E-state index is -4.34. The zero-order chi connectivity index (χ0) is 26.5. The van der Waals surface area contributed by atoms with E-state index in [1.54, 1.807) is 13.1 Å². The van der Waals surface area contributed by atoms with E-state index in [4.69, 9.17) is 4.74 Å². The van der Waals surface area contributed by atoms with Crippen molar-refractivity contribution in [2.24, 2.45) is 5.92 Å². The molecule has 0 aromatic heterocycles. The predicted molar refractivity (Wildman–Crippen MR) is 134 cm³/mol. The number of nitrogens with one attached hydrogen (secondary N) is 1. The van der Waals surface area contributed by atoms with E-state index in [9.17, 15) is 27.5 Å². The Bertz CT molecular complexity index is 1360. The summed E-state index contributed by atoms with van der Waals surface area (Å²) in [5, 5.41) is 9.89. The zero-order valence-corrected chi connectivity index (χ0v) is 21.6. The normalized spacial score (nSPS) is 22.5. The molecule has 2 N–H and O–H groups in total. The molecule has 0 spiro atoms. The largest absolute Gasteiger partial charge is 0.492 e. The molecule has 1 saturated heterocycles. The van der Waals surface area contributed by atoms with Gasteiger partial charge in [0, 0.05) is 19.5 Å². The van der Waals surface area contributed by atoms with Crippen molar-refractivity contribution in [3.05, 3.63) is 52.8 Å². The Morgan fingerprint density at radius 2 is 2.05 bits per heavy atom. The van der Waals surface area contributed by atoms with Gasteiger partial charge in [-0.2, -0.15) is 0 Å². The lowest BCUT2D eigenvalue weighted by atomic mass is 10.0. The van der Waals surface area contributed by atoms with Crippen LogP contribution in [-0.4, -0.2) is 68.0 Å². The van der Waals surface area contributed by atoms with E-state index in [0.717, 1.165) is 49.7 Å². The summed E-state index contributed by atoms with van der Waals surface area (Å²) in [5.41, 5.74) is 0.487. The molecule has 3 aliphatic rings. The van der Waals surface area contributed by atoms with Gasteiger partial charge in [-0.1, -0.05) is 13.0 Å². The fourth-order valence-electron chi connectivity index (χ4n) is 5.55. The Morgan fingerprint density at radius 1 is 1.27 bits per heavy atom. The molecule has 1 aliphatic carbocycles. The van der Waals surface area contributed by atoms with E-state index in [2.05, 4.69) is 9.62 Å². The molecule has 11 heteroatoms. The van der Waals surface area contributed by atoms with E-state index in [1.165, 1.54) is 11.0 Å². The van der Waals surface area contributed by atoms with E-state index in [0.29, 0.717) is 18.9 Å². The molecular weight excluding hydrogens is 501 g/mol. The third-order valence-corrected chi connectivity index (χ3v) is 9.03. The van der Waals surface area contributed by atoms with Crippen LogP contribution in [0.15, 0.2) is 35.2 Å². The van der Waals surface area contributed by atoms with Crippen LogP contribution < -0.4 is 9.46 Å². The number of likely N-dealkylation sites (N-methyl/N-ethyl adjacent to an activating group) is 2. The van der Waals surface area contributed by atoms with Gasteiger partial charge in [-0.05, 0) is 73.7 Å². The maximum atomic E-state index is 14.2. The molecule has 9 nitrogen and oxygen atoms in total. The molecule has 2 heterocycles. The molecule has 198 valence electrons. The van der Waals surface area contributed by atoms with Gasteiger partial charge in [0.15, 0.2) is 0 Å². The van der Waals surface area contributed by atoms with Crippen LogP contribution in [0, 0.1) is 11.7 Å². The number of ether oxygens (including phenoxy) is 1. The quantitative estimate of drug-likeness (QED) is 0.537.